The van der Waals surface area contributed by atoms with E-state index in [1.54, 1.807) is 24.3 Å². The molecule has 0 radical (unpaired) electrons. The predicted molar refractivity (Wildman–Crippen MR) is 119 cm³/mol. The molecule has 1 fully saturated rings. The number of carboxylic acid groups (broad SMARTS) is 1. The molecule has 0 amide bonds. The van der Waals surface area contributed by atoms with Crippen molar-refractivity contribution in [3.8, 4) is 22.8 Å². The van der Waals surface area contributed by atoms with Gasteiger partial charge in [0.05, 0.1) is 24.8 Å². The first kappa shape index (κ1) is 20.9. The van der Waals surface area contributed by atoms with Crippen LogP contribution in [0.1, 0.15) is 17.0 Å². The maximum absolute atomic E-state index is 12.2. The van der Waals surface area contributed by atoms with Gasteiger partial charge in [-0.3, -0.25) is 4.79 Å². The lowest BCUT2D eigenvalue weighted by Gasteiger charge is -2.27. The molecule has 1 saturated carbocycles. The number of fused-ring (bicyclic) bond motifs is 3. The normalized spacial score (nSPS) is 28.0. The summed E-state index contributed by atoms with van der Waals surface area (Å²) in [5.41, 5.74) is 0.107. The van der Waals surface area contributed by atoms with Crippen molar-refractivity contribution in [2.24, 2.45) is 5.92 Å². The fraction of sp³-hybridized carbons (Fsp3) is 0.250. The van der Waals surface area contributed by atoms with E-state index in [-0.39, 0.29) is 17.1 Å². The topological polar surface area (TPSA) is 109 Å². The van der Waals surface area contributed by atoms with Gasteiger partial charge in [0, 0.05) is 16.0 Å². The van der Waals surface area contributed by atoms with Crippen LogP contribution < -0.4 is 9.47 Å². The monoisotopic (exact) mass is 497 g/mol. The molecule has 0 spiro atoms. The van der Waals surface area contributed by atoms with E-state index in [0.29, 0.717) is 11.3 Å². The smallest absolute Gasteiger partial charge is 0.310 e. The summed E-state index contributed by atoms with van der Waals surface area (Å²) in [5, 5.41) is 33.0. The molecule has 1 aromatic heterocycles. The highest BCUT2D eigenvalue weighted by molar-refractivity contribution is 9.10. The van der Waals surface area contributed by atoms with Gasteiger partial charge in [0.2, 0.25) is 0 Å². The predicted octanol–water partition coefficient (Wildman–Crippen LogP) is 3.33. The van der Waals surface area contributed by atoms with Crippen LogP contribution in [-0.4, -0.2) is 45.6 Å². The fourth-order valence-electron chi connectivity index (χ4n) is 4.97. The van der Waals surface area contributed by atoms with E-state index < -0.39 is 35.6 Å². The SMILES string of the molecule is COc1cnc(-c2ccc(Br)cc2)c2c1C1(O)C(O)C(C(=O)O)C(c3ccccc3)C1O2. The maximum atomic E-state index is 12.2. The number of aliphatic hydroxyl groups excluding tert-OH is 1. The quantitative estimate of drug-likeness (QED) is 0.507. The van der Waals surface area contributed by atoms with Gasteiger partial charge in [0.15, 0.2) is 11.4 Å². The Bertz CT molecular complexity index is 1190. The molecule has 1 aliphatic carbocycles. The van der Waals surface area contributed by atoms with E-state index in [1.165, 1.54) is 13.3 Å². The Hall–Kier alpha value is -2.94. The van der Waals surface area contributed by atoms with Crippen LogP contribution in [0.3, 0.4) is 0 Å². The standard InChI is InChI=1S/C24H20BrNO6/c1-31-15-11-26-19(13-7-9-14(25)10-8-13)20-18(15)24(30)21(27)17(23(28)29)16(22(24)32-20)12-5-3-2-4-6-12/h2-11,16-17,21-22,27,30H,1H3,(H,28,29). The molecule has 3 aromatic rings. The summed E-state index contributed by atoms with van der Waals surface area (Å²) in [5.74, 6) is -2.76. The van der Waals surface area contributed by atoms with E-state index >= 15 is 0 Å². The number of hydrogen-bond donors (Lipinski definition) is 3. The Balaban J connectivity index is 1.73. The zero-order valence-corrected chi connectivity index (χ0v) is 18.6. The van der Waals surface area contributed by atoms with Gasteiger partial charge < -0.3 is 24.8 Å². The lowest BCUT2D eigenvalue weighted by atomic mass is 9.86. The number of halogens is 1. The summed E-state index contributed by atoms with van der Waals surface area (Å²) in [4.78, 5) is 16.7. The summed E-state index contributed by atoms with van der Waals surface area (Å²) in [6.45, 7) is 0. The molecule has 5 rings (SSSR count). The minimum Gasteiger partial charge on any atom is -0.495 e. The van der Waals surface area contributed by atoms with Gasteiger partial charge >= 0.3 is 5.97 Å². The molecular weight excluding hydrogens is 478 g/mol. The van der Waals surface area contributed by atoms with Crippen LogP contribution >= 0.6 is 15.9 Å². The van der Waals surface area contributed by atoms with Gasteiger partial charge in [-0.05, 0) is 17.7 Å². The van der Waals surface area contributed by atoms with Crippen LogP contribution in [0.15, 0.2) is 65.3 Å². The van der Waals surface area contributed by atoms with Crippen LogP contribution in [0.4, 0.5) is 0 Å². The van der Waals surface area contributed by atoms with Crippen LogP contribution in [0, 0.1) is 5.92 Å². The van der Waals surface area contributed by atoms with Gasteiger partial charge in [-0.2, -0.15) is 0 Å². The van der Waals surface area contributed by atoms with Crippen LogP contribution in [0.25, 0.3) is 11.3 Å². The molecule has 2 aliphatic rings. The Labute approximate surface area is 192 Å². The molecular formula is C24H20BrNO6. The van der Waals surface area contributed by atoms with Crippen molar-refractivity contribution in [3.63, 3.8) is 0 Å². The summed E-state index contributed by atoms with van der Waals surface area (Å²) in [7, 11) is 1.43. The van der Waals surface area contributed by atoms with E-state index in [1.807, 2.05) is 30.3 Å². The number of methoxy groups -OCH3 is 1. The van der Waals surface area contributed by atoms with Crippen molar-refractivity contribution in [2.45, 2.75) is 23.7 Å². The zero-order valence-electron chi connectivity index (χ0n) is 17.0. The first-order chi connectivity index (χ1) is 15.4. The fourth-order valence-corrected chi connectivity index (χ4v) is 5.23. The van der Waals surface area contributed by atoms with E-state index in [0.717, 1.165) is 10.0 Å². The van der Waals surface area contributed by atoms with Gasteiger partial charge in [-0.1, -0.05) is 58.4 Å². The molecule has 32 heavy (non-hydrogen) atoms. The molecule has 1 aliphatic heterocycles. The van der Waals surface area contributed by atoms with E-state index in [4.69, 9.17) is 9.47 Å². The lowest BCUT2D eigenvalue weighted by molar-refractivity contribution is -0.150. The molecule has 2 heterocycles. The second-order valence-electron chi connectivity index (χ2n) is 8.00. The Morgan fingerprint density at radius 3 is 2.47 bits per heavy atom. The van der Waals surface area contributed by atoms with Crippen LogP contribution in [-0.2, 0) is 10.4 Å². The van der Waals surface area contributed by atoms with Gasteiger partial charge in [0.1, 0.15) is 23.7 Å². The first-order valence-electron chi connectivity index (χ1n) is 10.1. The highest BCUT2D eigenvalue weighted by atomic mass is 79.9. The largest absolute Gasteiger partial charge is 0.495 e. The highest BCUT2D eigenvalue weighted by Crippen LogP contribution is 2.61. The minimum absolute atomic E-state index is 0.218. The number of aliphatic carboxylic acids is 1. The third kappa shape index (κ3) is 2.87. The number of hydrogen-bond acceptors (Lipinski definition) is 6. The molecule has 3 N–H and O–H groups in total. The van der Waals surface area contributed by atoms with Crippen molar-refractivity contribution < 1.29 is 29.6 Å². The van der Waals surface area contributed by atoms with Gasteiger partial charge in [-0.15, -0.1) is 0 Å². The molecule has 0 saturated heterocycles. The number of benzene rings is 2. The first-order valence-corrected chi connectivity index (χ1v) is 10.9. The number of carbonyl (C=O) groups is 1. The third-order valence-corrected chi connectivity index (χ3v) is 6.92. The number of aliphatic hydroxyl groups is 2. The van der Waals surface area contributed by atoms with Crippen molar-refractivity contribution in [3.05, 3.63) is 76.4 Å². The van der Waals surface area contributed by atoms with Crippen molar-refractivity contribution in [2.75, 3.05) is 7.11 Å². The van der Waals surface area contributed by atoms with E-state index in [9.17, 15) is 20.1 Å². The highest BCUT2D eigenvalue weighted by Gasteiger charge is 2.69. The number of pyridine rings is 1. The average molecular weight is 498 g/mol. The molecule has 8 heteroatoms. The molecule has 5 atom stereocenters. The summed E-state index contributed by atoms with van der Waals surface area (Å²) >= 11 is 3.41. The van der Waals surface area contributed by atoms with Crippen molar-refractivity contribution in [1.82, 2.24) is 4.98 Å². The van der Waals surface area contributed by atoms with Crippen molar-refractivity contribution in [1.29, 1.82) is 0 Å². The van der Waals surface area contributed by atoms with Crippen LogP contribution in [0.2, 0.25) is 0 Å². The number of nitrogens with zero attached hydrogens (tertiary/aromatic N) is 1. The summed E-state index contributed by atoms with van der Waals surface area (Å²) in [6.07, 6.45) is -1.20. The van der Waals surface area contributed by atoms with Crippen LogP contribution in [0.5, 0.6) is 11.5 Å². The van der Waals surface area contributed by atoms with E-state index in [2.05, 4.69) is 20.9 Å². The lowest BCUT2D eigenvalue weighted by Crippen LogP contribution is -2.44. The molecule has 164 valence electrons. The van der Waals surface area contributed by atoms with Gasteiger partial charge in [-0.25, -0.2) is 4.98 Å². The zero-order chi connectivity index (χ0) is 22.6. The Morgan fingerprint density at radius 1 is 1.16 bits per heavy atom. The minimum atomic E-state index is -1.99. The van der Waals surface area contributed by atoms with Gasteiger partial charge in [0.25, 0.3) is 0 Å². The number of ether oxygens (including phenoxy) is 2. The average Bonchev–Trinajstić information content (AvgIpc) is 3.22. The molecule has 7 nitrogen and oxygen atoms in total. The molecule has 5 unspecified atom stereocenters. The Kier molecular flexibility index (Phi) is 4.96. The number of carboxylic acids is 1. The molecule has 0 bridgehead atoms. The van der Waals surface area contributed by atoms with Crippen molar-refractivity contribution >= 4 is 21.9 Å². The summed E-state index contributed by atoms with van der Waals surface area (Å²) < 4.78 is 12.6. The number of aromatic nitrogens is 1. The Morgan fingerprint density at radius 2 is 1.84 bits per heavy atom. The summed E-state index contributed by atoms with van der Waals surface area (Å²) in [6, 6.07) is 16.4. The number of rotatable bonds is 4. The second kappa shape index (κ2) is 7.58. The maximum Gasteiger partial charge on any atom is 0.310 e. The molecule has 2 aromatic carbocycles. The second-order valence-corrected chi connectivity index (χ2v) is 8.91. The third-order valence-electron chi connectivity index (χ3n) is 6.39.